The number of halogens is 1. The van der Waals surface area contributed by atoms with Gasteiger partial charge in [-0.3, -0.25) is 4.79 Å². The van der Waals surface area contributed by atoms with Crippen LogP contribution < -0.4 is 4.74 Å². The third-order valence-corrected chi connectivity index (χ3v) is 3.81. The molecule has 0 aromatic heterocycles. The predicted octanol–water partition coefficient (Wildman–Crippen LogP) is 3.97. The SMILES string of the molecule is COc1cc(C(=O)C2CCC(C)C2)ccc1Cl. The monoisotopic (exact) mass is 252 g/mol. The van der Waals surface area contributed by atoms with Gasteiger partial charge in [0, 0.05) is 11.5 Å². The largest absolute Gasteiger partial charge is 0.495 e. The molecule has 92 valence electrons. The first-order valence-corrected chi connectivity index (χ1v) is 6.37. The molecular weight excluding hydrogens is 236 g/mol. The van der Waals surface area contributed by atoms with Gasteiger partial charge in [0.25, 0.3) is 0 Å². The molecule has 1 aromatic rings. The summed E-state index contributed by atoms with van der Waals surface area (Å²) in [6.45, 7) is 2.20. The maximum absolute atomic E-state index is 12.3. The van der Waals surface area contributed by atoms with Crippen LogP contribution in [0.15, 0.2) is 18.2 Å². The summed E-state index contributed by atoms with van der Waals surface area (Å²) >= 11 is 5.95. The molecule has 2 rings (SSSR count). The Kier molecular flexibility index (Phi) is 3.72. The number of carbonyl (C=O) groups is 1. The fourth-order valence-electron chi connectivity index (χ4n) is 2.49. The van der Waals surface area contributed by atoms with Crippen molar-refractivity contribution in [3.05, 3.63) is 28.8 Å². The second-order valence-electron chi connectivity index (χ2n) is 4.83. The van der Waals surface area contributed by atoms with Gasteiger partial charge in [-0.05, 0) is 43.4 Å². The molecule has 1 aliphatic rings. The molecule has 17 heavy (non-hydrogen) atoms. The standard InChI is InChI=1S/C14H17ClO2/c1-9-3-4-10(7-9)14(16)11-5-6-12(15)13(8-11)17-2/h5-6,8-10H,3-4,7H2,1-2H3. The summed E-state index contributed by atoms with van der Waals surface area (Å²) in [7, 11) is 1.56. The lowest BCUT2D eigenvalue weighted by Gasteiger charge is -2.10. The molecule has 0 bridgehead atoms. The highest BCUT2D eigenvalue weighted by Gasteiger charge is 2.28. The van der Waals surface area contributed by atoms with E-state index in [0.29, 0.717) is 22.3 Å². The number of benzene rings is 1. The topological polar surface area (TPSA) is 26.3 Å². The lowest BCUT2D eigenvalue weighted by Crippen LogP contribution is -2.11. The van der Waals surface area contributed by atoms with Gasteiger partial charge in [-0.25, -0.2) is 0 Å². The van der Waals surface area contributed by atoms with E-state index in [1.54, 1.807) is 25.3 Å². The Balaban J connectivity index is 2.19. The van der Waals surface area contributed by atoms with E-state index in [1.165, 1.54) is 0 Å². The van der Waals surface area contributed by atoms with Crippen LogP contribution in [-0.4, -0.2) is 12.9 Å². The van der Waals surface area contributed by atoms with Crippen LogP contribution in [0.25, 0.3) is 0 Å². The molecule has 0 radical (unpaired) electrons. The number of Topliss-reactive ketones (excluding diaryl/α,β-unsaturated/α-hetero) is 1. The average molecular weight is 253 g/mol. The van der Waals surface area contributed by atoms with Crippen LogP contribution >= 0.6 is 11.6 Å². The molecule has 3 heteroatoms. The van der Waals surface area contributed by atoms with Crippen molar-refractivity contribution in [2.24, 2.45) is 11.8 Å². The highest BCUT2D eigenvalue weighted by molar-refractivity contribution is 6.32. The van der Waals surface area contributed by atoms with Crippen LogP contribution in [0.2, 0.25) is 5.02 Å². The fraction of sp³-hybridized carbons (Fsp3) is 0.500. The van der Waals surface area contributed by atoms with Crippen molar-refractivity contribution in [3.8, 4) is 5.75 Å². The van der Waals surface area contributed by atoms with Crippen LogP contribution in [-0.2, 0) is 0 Å². The van der Waals surface area contributed by atoms with E-state index < -0.39 is 0 Å². The Labute approximate surface area is 107 Å². The zero-order chi connectivity index (χ0) is 12.4. The highest BCUT2D eigenvalue weighted by atomic mass is 35.5. The van der Waals surface area contributed by atoms with Gasteiger partial charge in [-0.2, -0.15) is 0 Å². The van der Waals surface area contributed by atoms with Crippen molar-refractivity contribution in [1.29, 1.82) is 0 Å². The van der Waals surface area contributed by atoms with Gasteiger partial charge in [0.15, 0.2) is 5.78 Å². The van der Waals surface area contributed by atoms with E-state index in [1.807, 2.05) is 0 Å². The smallest absolute Gasteiger partial charge is 0.166 e. The summed E-state index contributed by atoms with van der Waals surface area (Å²) in [5.74, 6) is 1.64. The number of methoxy groups -OCH3 is 1. The van der Waals surface area contributed by atoms with Crippen LogP contribution in [0.5, 0.6) is 5.75 Å². The van der Waals surface area contributed by atoms with Crippen molar-refractivity contribution in [2.45, 2.75) is 26.2 Å². The second-order valence-corrected chi connectivity index (χ2v) is 5.24. The van der Waals surface area contributed by atoms with E-state index in [2.05, 4.69) is 6.92 Å². The van der Waals surface area contributed by atoms with E-state index in [4.69, 9.17) is 16.3 Å². The Hall–Kier alpha value is -1.02. The Bertz CT molecular complexity index is 428. The lowest BCUT2D eigenvalue weighted by atomic mass is 9.95. The van der Waals surface area contributed by atoms with Crippen molar-refractivity contribution in [2.75, 3.05) is 7.11 Å². The Morgan fingerprint density at radius 3 is 2.76 bits per heavy atom. The molecule has 2 atom stereocenters. The van der Waals surface area contributed by atoms with Crippen molar-refractivity contribution < 1.29 is 9.53 Å². The zero-order valence-electron chi connectivity index (χ0n) is 10.2. The average Bonchev–Trinajstić information content (AvgIpc) is 2.75. The molecule has 0 spiro atoms. The van der Waals surface area contributed by atoms with E-state index in [9.17, 15) is 4.79 Å². The normalized spacial score (nSPS) is 23.7. The third-order valence-electron chi connectivity index (χ3n) is 3.50. The molecule has 0 aliphatic heterocycles. The summed E-state index contributed by atoms with van der Waals surface area (Å²) < 4.78 is 5.14. The summed E-state index contributed by atoms with van der Waals surface area (Å²) in [6, 6.07) is 5.26. The van der Waals surface area contributed by atoms with Crippen molar-refractivity contribution >= 4 is 17.4 Å². The summed E-state index contributed by atoms with van der Waals surface area (Å²) in [5, 5.41) is 0.545. The Morgan fingerprint density at radius 2 is 2.18 bits per heavy atom. The van der Waals surface area contributed by atoms with Gasteiger partial charge >= 0.3 is 0 Å². The lowest BCUT2D eigenvalue weighted by molar-refractivity contribution is 0.0920. The summed E-state index contributed by atoms with van der Waals surface area (Å²) in [6.07, 6.45) is 3.16. The van der Waals surface area contributed by atoms with Gasteiger partial charge < -0.3 is 4.74 Å². The van der Waals surface area contributed by atoms with E-state index >= 15 is 0 Å². The summed E-state index contributed by atoms with van der Waals surface area (Å²) in [4.78, 5) is 12.3. The Morgan fingerprint density at radius 1 is 1.41 bits per heavy atom. The van der Waals surface area contributed by atoms with Gasteiger partial charge in [-0.1, -0.05) is 18.5 Å². The predicted molar refractivity (Wildman–Crippen MR) is 68.8 cm³/mol. The minimum absolute atomic E-state index is 0.177. The first-order chi connectivity index (χ1) is 8.11. The third kappa shape index (κ3) is 2.63. The van der Waals surface area contributed by atoms with Crippen LogP contribution in [0, 0.1) is 11.8 Å². The molecule has 0 N–H and O–H groups in total. The first-order valence-electron chi connectivity index (χ1n) is 5.99. The van der Waals surface area contributed by atoms with Gasteiger partial charge in [0.2, 0.25) is 0 Å². The number of rotatable bonds is 3. The number of ether oxygens (including phenoxy) is 1. The van der Waals surface area contributed by atoms with Gasteiger partial charge in [-0.15, -0.1) is 0 Å². The number of carbonyl (C=O) groups excluding carboxylic acids is 1. The maximum Gasteiger partial charge on any atom is 0.166 e. The van der Waals surface area contributed by atoms with Crippen molar-refractivity contribution in [3.63, 3.8) is 0 Å². The maximum atomic E-state index is 12.3. The first kappa shape index (κ1) is 12.4. The molecule has 1 fully saturated rings. The minimum Gasteiger partial charge on any atom is -0.495 e. The number of ketones is 1. The molecular formula is C14H17ClO2. The molecule has 0 heterocycles. The van der Waals surface area contributed by atoms with Crippen molar-refractivity contribution in [1.82, 2.24) is 0 Å². The number of hydrogen-bond acceptors (Lipinski definition) is 2. The molecule has 2 nitrogen and oxygen atoms in total. The fourth-order valence-corrected chi connectivity index (χ4v) is 2.69. The number of hydrogen-bond donors (Lipinski definition) is 0. The molecule has 1 aliphatic carbocycles. The summed E-state index contributed by atoms with van der Waals surface area (Å²) in [5.41, 5.74) is 0.713. The second kappa shape index (κ2) is 5.09. The van der Waals surface area contributed by atoms with Gasteiger partial charge in [0.05, 0.1) is 12.1 Å². The molecule has 1 saturated carbocycles. The minimum atomic E-state index is 0.177. The molecule has 2 unspecified atom stereocenters. The molecule has 1 aromatic carbocycles. The van der Waals surface area contributed by atoms with Crippen LogP contribution in [0.3, 0.4) is 0 Å². The van der Waals surface area contributed by atoms with Crippen LogP contribution in [0.1, 0.15) is 36.5 Å². The quantitative estimate of drug-likeness (QED) is 0.761. The highest BCUT2D eigenvalue weighted by Crippen LogP contribution is 2.34. The van der Waals surface area contributed by atoms with Crippen LogP contribution in [0.4, 0.5) is 0 Å². The van der Waals surface area contributed by atoms with E-state index in [0.717, 1.165) is 19.3 Å². The zero-order valence-corrected chi connectivity index (χ0v) is 11.0. The molecule has 0 amide bonds. The van der Waals surface area contributed by atoms with E-state index in [-0.39, 0.29) is 11.7 Å². The van der Waals surface area contributed by atoms with Gasteiger partial charge in [0.1, 0.15) is 5.75 Å². The molecule has 0 saturated heterocycles.